The standard InChI is InChI=1S/C23H24N6/c1-28-12-14-29(15-13-28)18-8-6-17(7-9-18)26-23-24-11-10-22(27-23)20-16-25-21-5-3-2-4-19(20)21/h2-11,16,25H,12-15H2,1H3,(H,24,26,27). The highest BCUT2D eigenvalue weighted by Gasteiger charge is 2.14. The topological polar surface area (TPSA) is 60.1 Å². The lowest BCUT2D eigenvalue weighted by atomic mass is 10.1. The van der Waals surface area contributed by atoms with E-state index in [1.165, 1.54) is 5.69 Å². The molecule has 1 saturated heterocycles. The third-order valence-electron chi connectivity index (χ3n) is 5.51. The molecule has 0 unspecified atom stereocenters. The second-order valence-electron chi connectivity index (χ2n) is 7.48. The molecule has 5 rings (SSSR count). The van der Waals surface area contributed by atoms with E-state index in [1.807, 2.05) is 24.4 Å². The van der Waals surface area contributed by atoms with Crippen LogP contribution in [0.1, 0.15) is 0 Å². The van der Waals surface area contributed by atoms with E-state index >= 15 is 0 Å². The molecule has 1 aliphatic heterocycles. The lowest BCUT2D eigenvalue weighted by molar-refractivity contribution is 0.313. The number of para-hydroxylation sites is 1. The summed E-state index contributed by atoms with van der Waals surface area (Å²) in [5, 5.41) is 4.49. The Labute approximate surface area is 170 Å². The fraction of sp³-hybridized carbons (Fsp3) is 0.217. The summed E-state index contributed by atoms with van der Waals surface area (Å²) in [4.78, 5) is 17.2. The van der Waals surface area contributed by atoms with Crippen LogP contribution in [0, 0.1) is 0 Å². The molecule has 0 amide bonds. The molecule has 2 N–H and O–H groups in total. The van der Waals surface area contributed by atoms with Gasteiger partial charge in [-0.25, -0.2) is 9.97 Å². The molecule has 0 bridgehead atoms. The summed E-state index contributed by atoms with van der Waals surface area (Å²) in [5.74, 6) is 0.597. The maximum Gasteiger partial charge on any atom is 0.227 e. The molecule has 0 atom stereocenters. The molecule has 4 aromatic rings. The zero-order valence-corrected chi connectivity index (χ0v) is 16.5. The van der Waals surface area contributed by atoms with Crippen molar-refractivity contribution in [3.63, 3.8) is 0 Å². The first-order valence-corrected chi connectivity index (χ1v) is 9.96. The molecule has 1 aliphatic rings. The molecule has 2 aromatic heterocycles. The van der Waals surface area contributed by atoms with Gasteiger partial charge in [-0.2, -0.15) is 0 Å². The Kier molecular flexibility index (Phi) is 4.62. The Balaban J connectivity index is 1.34. The predicted octanol–water partition coefficient (Wildman–Crippen LogP) is 4.12. The monoisotopic (exact) mass is 384 g/mol. The van der Waals surface area contributed by atoms with Crippen molar-refractivity contribution in [3.8, 4) is 11.3 Å². The minimum atomic E-state index is 0.597. The van der Waals surface area contributed by atoms with E-state index in [-0.39, 0.29) is 0 Å². The van der Waals surface area contributed by atoms with E-state index in [0.29, 0.717) is 5.95 Å². The number of H-pyrrole nitrogens is 1. The van der Waals surface area contributed by atoms with Gasteiger partial charge in [-0.15, -0.1) is 0 Å². The number of anilines is 3. The second kappa shape index (κ2) is 7.56. The van der Waals surface area contributed by atoms with Crippen LogP contribution in [0.25, 0.3) is 22.2 Å². The molecule has 0 aliphatic carbocycles. The van der Waals surface area contributed by atoms with E-state index in [1.54, 1.807) is 6.20 Å². The van der Waals surface area contributed by atoms with Crippen LogP contribution >= 0.6 is 0 Å². The molecular weight excluding hydrogens is 360 g/mol. The molecule has 146 valence electrons. The number of nitrogens with one attached hydrogen (secondary N) is 2. The number of piperazine rings is 1. The number of rotatable bonds is 4. The van der Waals surface area contributed by atoms with Gasteiger partial charge in [0.1, 0.15) is 0 Å². The van der Waals surface area contributed by atoms with E-state index in [9.17, 15) is 0 Å². The average Bonchev–Trinajstić information content (AvgIpc) is 3.19. The van der Waals surface area contributed by atoms with Crippen molar-refractivity contribution in [3.05, 3.63) is 67.0 Å². The molecule has 2 aromatic carbocycles. The highest BCUT2D eigenvalue weighted by molar-refractivity contribution is 5.94. The van der Waals surface area contributed by atoms with Crippen molar-refractivity contribution in [1.29, 1.82) is 0 Å². The Hall–Kier alpha value is -3.38. The second-order valence-corrected chi connectivity index (χ2v) is 7.48. The molecule has 6 heteroatoms. The largest absolute Gasteiger partial charge is 0.369 e. The van der Waals surface area contributed by atoms with Crippen LogP contribution < -0.4 is 10.2 Å². The summed E-state index contributed by atoms with van der Waals surface area (Å²) in [6.45, 7) is 4.35. The van der Waals surface area contributed by atoms with Gasteiger partial charge in [-0.3, -0.25) is 0 Å². The van der Waals surface area contributed by atoms with Gasteiger partial charge in [0.15, 0.2) is 0 Å². The number of likely N-dealkylation sites (N-methyl/N-ethyl adjacent to an activating group) is 1. The molecular formula is C23H24N6. The van der Waals surface area contributed by atoms with Crippen LogP contribution in [0.4, 0.5) is 17.3 Å². The van der Waals surface area contributed by atoms with Crippen molar-refractivity contribution in [2.45, 2.75) is 0 Å². The number of aromatic amines is 1. The van der Waals surface area contributed by atoms with Gasteiger partial charge in [0.05, 0.1) is 5.69 Å². The SMILES string of the molecule is CN1CCN(c2ccc(Nc3nccc(-c4c[nH]c5ccccc45)n3)cc2)CC1. The third-order valence-corrected chi connectivity index (χ3v) is 5.51. The zero-order valence-electron chi connectivity index (χ0n) is 16.5. The number of fused-ring (bicyclic) bond motifs is 1. The Morgan fingerprint density at radius 2 is 1.72 bits per heavy atom. The summed E-state index contributed by atoms with van der Waals surface area (Å²) in [7, 11) is 2.18. The summed E-state index contributed by atoms with van der Waals surface area (Å²) in [6.07, 6.45) is 3.80. The van der Waals surface area contributed by atoms with Gasteiger partial charge in [-0.1, -0.05) is 18.2 Å². The molecule has 6 nitrogen and oxygen atoms in total. The van der Waals surface area contributed by atoms with Crippen molar-refractivity contribution in [2.24, 2.45) is 0 Å². The van der Waals surface area contributed by atoms with Crippen molar-refractivity contribution in [2.75, 3.05) is 43.4 Å². The van der Waals surface area contributed by atoms with Gasteiger partial charge < -0.3 is 20.1 Å². The van der Waals surface area contributed by atoms with Crippen LogP contribution in [0.2, 0.25) is 0 Å². The zero-order chi connectivity index (χ0) is 19.6. The van der Waals surface area contributed by atoms with Gasteiger partial charge in [-0.05, 0) is 43.4 Å². The van der Waals surface area contributed by atoms with Crippen LogP contribution in [0.5, 0.6) is 0 Å². The first-order chi connectivity index (χ1) is 14.3. The summed E-state index contributed by atoms with van der Waals surface area (Å²) in [5.41, 5.74) is 5.33. The first-order valence-electron chi connectivity index (χ1n) is 9.96. The van der Waals surface area contributed by atoms with E-state index in [4.69, 9.17) is 4.98 Å². The van der Waals surface area contributed by atoms with Crippen LogP contribution in [-0.4, -0.2) is 53.1 Å². The number of hydrogen-bond donors (Lipinski definition) is 2. The van der Waals surface area contributed by atoms with Gasteiger partial charge in [0, 0.05) is 66.4 Å². The Bertz CT molecular complexity index is 1110. The number of hydrogen-bond acceptors (Lipinski definition) is 5. The van der Waals surface area contributed by atoms with Gasteiger partial charge >= 0.3 is 0 Å². The lowest BCUT2D eigenvalue weighted by Crippen LogP contribution is -2.44. The molecule has 3 heterocycles. The number of benzene rings is 2. The fourth-order valence-corrected chi connectivity index (χ4v) is 3.80. The minimum absolute atomic E-state index is 0.597. The van der Waals surface area contributed by atoms with E-state index < -0.39 is 0 Å². The third kappa shape index (κ3) is 3.67. The molecule has 1 fully saturated rings. The molecule has 0 spiro atoms. The normalized spacial score (nSPS) is 15.0. The summed E-state index contributed by atoms with van der Waals surface area (Å²) >= 11 is 0. The predicted molar refractivity (Wildman–Crippen MR) is 119 cm³/mol. The van der Waals surface area contributed by atoms with Crippen LogP contribution in [0.15, 0.2) is 67.0 Å². The maximum atomic E-state index is 4.72. The maximum absolute atomic E-state index is 4.72. The van der Waals surface area contributed by atoms with Gasteiger partial charge in [0.2, 0.25) is 5.95 Å². The fourth-order valence-electron chi connectivity index (χ4n) is 3.80. The minimum Gasteiger partial charge on any atom is -0.369 e. The van der Waals surface area contributed by atoms with E-state index in [0.717, 1.165) is 54.0 Å². The Morgan fingerprint density at radius 1 is 0.931 bits per heavy atom. The van der Waals surface area contributed by atoms with Crippen LogP contribution in [0.3, 0.4) is 0 Å². The van der Waals surface area contributed by atoms with E-state index in [2.05, 4.69) is 68.5 Å². The van der Waals surface area contributed by atoms with Crippen molar-refractivity contribution in [1.82, 2.24) is 19.9 Å². The smallest absolute Gasteiger partial charge is 0.227 e. The Morgan fingerprint density at radius 3 is 2.55 bits per heavy atom. The molecule has 0 radical (unpaired) electrons. The van der Waals surface area contributed by atoms with Crippen molar-refractivity contribution >= 4 is 28.2 Å². The lowest BCUT2D eigenvalue weighted by Gasteiger charge is -2.34. The number of nitrogens with zero attached hydrogens (tertiary/aromatic N) is 4. The average molecular weight is 384 g/mol. The highest BCUT2D eigenvalue weighted by Crippen LogP contribution is 2.28. The summed E-state index contributed by atoms with van der Waals surface area (Å²) < 4.78 is 0. The highest BCUT2D eigenvalue weighted by atomic mass is 15.2. The van der Waals surface area contributed by atoms with Crippen LogP contribution in [-0.2, 0) is 0 Å². The quantitative estimate of drug-likeness (QED) is 0.554. The first kappa shape index (κ1) is 17.7. The molecule has 29 heavy (non-hydrogen) atoms. The van der Waals surface area contributed by atoms with Crippen molar-refractivity contribution < 1.29 is 0 Å². The molecule has 0 saturated carbocycles. The number of aromatic nitrogens is 3. The summed E-state index contributed by atoms with van der Waals surface area (Å²) in [6, 6.07) is 18.7. The van der Waals surface area contributed by atoms with Gasteiger partial charge in [0.25, 0.3) is 0 Å².